The number of para-hydroxylation sites is 1. The van der Waals surface area contributed by atoms with Gasteiger partial charge in [-0.15, -0.1) is 11.8 Å². The molecule has 0 saturated carbocycles. The van der Waals surface area contributed by atoms with Gasteiger partial charge in [0.15, 0.2) is 0 Å². The second kappa shape index (κ2) is 7.18. The number of hydrogen-bond donors (Lipinski definition) is 0. The summed E-state index contributed by atoms with van der Waals surface area (Å²) in [7, 11) is 0. The molecule has 0 N–H and O–H groups in total. The molecule has 3 aromatic carbocycles. The number of aryl methyl sites for hydroxylation is 1. The number of rotatable bonds is 3. The summed E-state index contributed by atoms with van der Waals surface area (Å²) in [5.74, 6) is 0.0491. The van der Waals surface area contributed by atoms with Crippen molar-refractivity contribution in [3.05, 3.63) is 94.5 Å². The van der Waals surface area contributed by atoms with Gasteiger partial charge in [0, 0.05) is 16.3 Å². The number of anilines is 2. The fourth-order valence-electron chi connectivity index (χ4n) is 4.20. The molecule has 2 heterocycles. The number of hydrogen-bond acceptors (Lipinski definition) is 3. The van der Waals surface area contributed by atoms with E-state index in [0.717, 1.165) is 16.8 Å². The smallest absolute Gasteiger partial charge is 0.269 e. The minimum atomic E-state index is -1.11. The lowest BCUT2D eigenvalue weighted by atomic mass is 10.0. The van der Waals surface area contributed by atoms with E-state index in [9.17, 15) is 9.59 Å². The van der Waals surface area contributed by atoms with Crippen molar-refractivity contribution in [3.8, 4) is 0 Å². The van der Waals surface area contributed by atoms with Crippen LogP contribution in [0.3, 0.4) is 0 Å². The predicted octanol–water partition coefficient (Wildman–Crippen LogP) is 5.13. The predicted molar refractivity (Wildman–Crippen MR) is 122 cm³/mol. The van der Waals surface area contributed by atoms with Gasteiger partial charge in [0.05, 0.1) is 18.0 Å². The highest BCUT2D eigenvalue weighted by Gasteiger charge is 2.60. The van der Waals surface area contributed by atoms with Crippen LogP contribution in [0.4, 0.5) is 11.4 Å². The van der Waals surface area contributed by atoms with Crippen LogP contribution in [0.25, 0.3) is 0 Å². The molecule has 1 spiro atoms. The molecule has 0 aromatic heterocycles. The zero-order valence-electron chi connectivity index (χ0n) is 16.3. The Labute approximate surface area is 184 Å². The van der Waals surface area contributed by atoms with Gasteiger partial charge in [-0.05, 0) is 36.8 Å². The Morgan fingerprint density at radius 3 is 2.53 bits per heavy atom. The first kappa shape index (κ1) is 19.2. The van der Waals surface area contributed by atoms with Gasteiger partial charge in [0.2, 0.25) is 10.8 Å². The van der Waals surface area contributed by atoms with Gasteiger partial charge >= 0.3 is 0 Å². The molecule has 1 unspecified atom stereocenters. The third kappa shape index (κ3) is 2.84. The lowest BCUT2D eigenvalue weighted by Crippen LogP contribution is -2.49. The summed E-state index contributed by atoms with van der Waals surface area (Å²) in [6.07, 6.45) is 0. The quantitative estimate of drug-likeness (QED) is 0.574. The SMILES string of the molecule is Cc1ccc(CN2C(=O)C3(SCC(=O)N3c3cccc(Cl)c3)c3ccccc32)cc1. The van der Waals surface area contributed by atoms with E-state index in [1.165, 1.54) is 17.3 Å². The topological polar surface area (TPSA) is 40.6 Å². The van der Waals surface area contributed by atoms with E-state index in [2.05, 4.69) is 0 Å². The highest BCUT2D eigenvalue weighted by molar-refractivity contribution is 8.02. The number of thioether (sulfide) groups is 1. The molecule has 0 aliphatic carbocycles. The third-order valence-electron chi connectivity index (χ3n) is 5.59. The Balaban J connectivity index is 1.64. The van der Waals surface area contributed by atoms with Crippen LogP contribution >= 0.6 is 23.4 Å². The highest BCUT2D eigenvalue weighted by Crippen LogP contribution is 2.56. The van der Waals surface area contributed by atoms with E-state index in [0.29, 0.717) is 17.3 Å². The van der Waals surface area contributed by atoms with Gasteiger partial charge in [-0.25, -0.2) is 0 Å². The molecule has 5 rings (SSSR count). The van der Waals surface area contributed by atoms with Crippen LogP contribution in [0.2, 0.25) is 5.02 Å². The van der Waals surface area contributed by atoms with Crippen LogP contribution in [0.5, 0.6) is 0 Å². The summed E-state index contributed by atoms with van der Waals surface area (Å²) < 4.78 is 0. The Morgan fingerprint density at radius 1 is 1.00 bits per heavy atom. The van der Waals surface area contributed by atoms with Gasteiger partial charge in [0.25, 0.3) is 5.91 Å². The second-order valence-corrected chi connectivity index (χ2v) is 9.14. The zero-order chi connectivity index (χ0) is 20.9. The van der Waals surface area contributed by atoms with Crippen LogP contribution in [0, 0.1) is 6.92 Å². The van der Waals surface area contributed by atoms with Crippen molar-refractivity contribution in [1.29, 1.82) is 0 Å². The van der Waals surface area contributed by atoms with Crippen LogP contribution in [0.15, 0.2) is 72.8 Å². The van der Waals surface area contributed by atoms with E-state index in [-0.39, 0.29) is 17.6 Å². The van der Waals surface area contributed by atoms with Gasteiger partial charge in [-0.2, -0.15) is 0 Å². The van der Waals surface area contributed by atoms with Gasteiger partial charge in [-0.3, -0.25) is 14.5 Å². The summed E-state index contributed by atoms with van der Waals surface area (Å²) in [5.41, 5.74) is 4.55. The molecule has 2 aliphatic rings. The van der Waals surface area contributed by atoms with Gasteiger partial charge < -0.3 is 4.90 Å². The number of fused-ring (bicyclic) bond motifs is 2. The first-order chi connectivity index (χ1) is 14.5. The Morgan fingerprint density at radius 2 is 1.77 bits per heavy atom. The molecule has 1 saturated heterocycles. The average molecular weight is 435 g/mol. The summed E-state index contributed by atoms with van der Waals surface area (Å²) in [6, 6.07) is 23.1. The number of carbonyl (C=O) groups is 2. The molecule has 1 atom stereocenters. The first-order valence-electron chi connectivity index (χ1n) is 9.70. The fraction of sp³-hybridized carbons (Fsp3) is 0.167. The summed E-state index contributed by atoms with van der Waals surface area (Å²) in [5, 5.41) is 0.530. The van der Waals surface area contributed by atoms with E-state index in [4.69, 9.17) is 11.6 Å². The molecule has 0 bridgehead atoms. The zero-order valence-corrected chi connectivity index (χ0v) is 17.9. The molecule has 2 amide bonds. The number of amides is 2. The second-order valence-electron chi connectivity index (χ2n) is 7.54. The summed E-state index contributed by atoms with van der Waals surface area (Å²) in [4.78, 5) is 29.3. The van der Waals surface area contributed by atoms with Crippen LogP contribution in [-0.2, 0) is 21.0 Å². The fourth-order valence-corrected chi connectivity index (χ4v) is 5.75. The van der Waals surface area contributed by atoms with E-state index >= 15 is 0 Å². The van der Waals surface area contributed by atoms with Crippen molar-refractivity contribution < 1.29 is 9.59 Å². The minimum Gasteiger partial charge on any atom is -0.304 e. The maximum atomic E-state index is 14.0. The highest BCUT2D eigenvalue weighted by atomic mass is 35.5. The van der Waals surface area contributed by atoms with Crippen molar-refractivity contribution in [3.63, 3.8) is 0 Å². The molecular weight excluding hydrogens is 416 g/mol. The first-order valence-corrected chi connectivity index (χ1v) is 11.1. The molecule has 3 aromatic rings. The maximum Gasteiger partial charge on any atom is 0.269 e. The van der Waals surface area contributed by atoms with E-state index in [1.54, 1.807) is 28.0 Å². The Kier molecular flexibility index (Phi) is 4.60. The number of halogens is 1. The van der Waals surface area contributed by atoms with Crippen molar-refractivity contribution in [1.82, 2.24) is 0 Å². The summed E-state index contributed by atoms with van der Waals surface area (Å²) in [6.45, 7) is 2.49. The molecule has 6 heteroatoms. The third-order valence-corrected chi connectivity index (χ3v) is 7.21. The molecule has 4 nitrogen and oxygen atoms in total. The largest absolute Gasteiger partial charge is 0.304 e. The minimum absolute atomic E-state index is 0.0948. The lowest BCUT2D eigenvalue weighted by Gasteiger charge is -2.33. The average Bonchev–Trinajstić information content (AvgIpc) is 3.21. The molecule has 150 valence electrons. The number of carbonyl (C=O) groups excluding carboxylic acids is 2. The summed E-state index contributed by atoms with van der Waals surface area (Å²) >= 11 is 7.59. The van der Waals surface area contributed by atoms with Crippen molar-refractivity contribution in [2.45, 2.75) is 18.3 Å². The molecular formula is C24H19ClN2O2S. The number of benzene rings is 3. The van der Waals surface area contributed by atoms with Crippen LogP contribution in [0.1, 0.15) is 16.7 Å². The Hall–Kier alpha value is -2.76. The normalized spacial score (nSPS) is 20.3. The van der Waals surface area contributed by atoms with Crippen molar-refractivity contribution in [2.24, 2.45) is 0 Å². The monoisotopic (exact) mass is 434 g/mol. The van der Waals surface area contributed by atoms with Gasteiger partial charge in [0.1, 0.15) is 0 Å². The van der Waals surface area contributed by atoms with Crippen molar-refractivity contribution >= 4 is 46.6 Å². The standard InChI is InChI=1S/C24H19ClN2O2S/c1-16-9-11-17(12-10-16)14-26-21-8-3-2-7-20(21)24(23(26)29)27(22(28)15-30-24)19-6-4-5-18(25)13-19/h2-13H,14-15H2,1H3. The Bertz CT molecular complexity index is 1160. The lowest BCUT2D eigenvalue weighted by molar-refractivity contribution is -0.123. The van der Waals surface area contributed by atoms with E-state index < -0.39 is 4.87 Å². The van der Waals surface area contributed by atoms with Gasteiger partial charge in [-0.1, -0.05) is 65.7 Å². The van der Waals surface area contributed by atoms with Crippen LogP contribution in [-0.4, -0.2) is 17.6 Å². The number of nitrogens with zero attached hydrogens (tertiary/aromatic N) is 2. The van der Waals surface area contributed by atoms with Crippen LogP contribution < -0.4 is 9.80 Å². The molecule has 2 aliphatic heterocycles. The molecule has 1 fully saturated rings. The van der Waals surface area contributed by atoms with Crippen molar-refractivity contribution in [2.75, 3.05) is 15.6 Å². The van der Waals surface area contributed by atoms with E-state index in [1.807, 2.05) is 61.5 Å². The molecule has 30 heavy (non-hydrogen) atoms. The maximum absolute atomic E-state index is 14.0. The molecule has 0 radical (unpaired) electrons.